The van der Waals surface area contributed by atoms with Gasteiger partial charge in [0.05, 0.1) is 14.2 Å². The monoisotopic (exact) mass is 511 g/mol. The third kappa shape index (κ3) is 6.44. The Kier molecular flexibility index (Phi) is 9.21. The van der Waals surface area contributed by atoms with Crippen LogP contribution in [0.3, 0.4) is 0 Å². The molecule has 10 nitrogen and oxygen atoms in total. The Balaban J connectivity index is 1.90. The topological polar surface area (TPSA) is 117 Å². The van der Waals surface area contributed by atoms with Crippen molar-refractivity contribution in [2.24, 2.45) is 5.92 Å². The van der Waals surface area contributed by atoms with Crippen molar-refractivity contribution in [2.45, 2.75) is 46.2 Å². The number of nitrogens with zero attached hydrogens (tertiary/aromatic N) is 2. The fourth-order valence-electron chi connectivity index (χ4n) is 4.14. The second-order valence-electron chi connectivity index (χ2n) is 9.17. The van der Waals surface area contributed by atoms with Crippen LogP contribution in [-0.4, -0.2) is 72.3 Å². The number of allylic oxidation sites excluding steroid dienone is 1. The van der Waals surface area contributed by atoms with Crippen LogP contribution in [0.5, 0.6) is 0 Å². The van der Waals surface area contributed by atoms with E-state index in [2.05, 4.69) is 17.6 Å². The quantitative estimate of drug-likeness (QED) is 0.348. The maximum Gasteiger partial charge on any atom is 0.501 e. The van der Waals surface area contributed by atoms with Crippen LogP contribution < -0.4 is 10.6 Å². The summed E-state index contributed by atoms with van der Waals surface area (Å²) in [4.78, 5) is 53.0. The van der Waals surface area contributed by atoms with Crippen LogP contribution in [0, 0.1) is 5.92 Å². The molecule has 0 bridgehead atoms. The van der Waals surface area contributed by atoms with Crippen molar-refractivity contribution in [1.82, 2.24) is 15.5 Å². The maximum atomic E-state index is 13.5. The molecule has 1 unspecified atom stereocenters. The molecule has 0 aromatic heterocycles. The van der Waals surface area contributed by atoms with Gasteiger partial charge in [-0.2, -0.15) is 14.3 Å². The molecule has 1 heterocycles. The van der Waals surface area contributed by atoms with Crippen molar-refractivity contribution in [3.63, 3.8) is 0 Å². The predicted molar refractivity (Wildman–Crippen MR) is 137 cm³/mol. The van der Waals surface area contributed by atoms with Crippen LogP contribution in [0.1, 0.15) is 49.5 Å². The van der Waals surface area contributed by atoms with Gasteiger partial charge in [-0.25, -0.2) is 4.79 Å². The van der Waals surface area contributed by atoms with Gasteiger partial charge in [-0.05, 0) is 44.0 Å². The van der Waals surface area contributed by atoms with E-state index in [1.165, 1.54) is 18.8 Å². The van der Waals surface area contributed by atoms with E-state index in [4.69, 9.17) is 9.47 Å². The Morgan fingerprint density at radius 1 is 1.08 bits per heavy atom. The van der Waals surface area contributed by atoms with Crippen LogP contribution >= 0.6 is 0 Å². The molecule has 1 aromatic rings. The van der Waals surface area contributed by atoms with Gasteiger partial charge in [-0.3, -0.25) is 9.59 Å². The zero-order valence-electron chi connectivity index (χ0n) is 22.0. The van der Waals surface area contributed by atoms with Crippen molar-refractivity contribution in [3.8, 4) is 0 Å². The zero-order chi connectivity index (χ0) is 27.1. The number of ether oxygens (including phenoxy) is 2. The minimum Gasteiger partial charge on any atom is -0.493 e. The van der Waals surface area contributed by atoms with Gasteiger partial charge in [0.2, 0.25) is 0 Å². The third-order valence-corrected chi connectivity index (χ3v) is 6.03. The van der Waals surface area contributed by atoms with Gasteiger partial charge in [0.25, 0.3) is 11.8 Å². The van der Waals surface area contributed by atoms with E-state index < -0.39 is 17.9 Å². The molecular formula is C27H35N4O6+. The van der Waals surface area contributed by atoms with Crippen LogP contribution in [0.4, 0.5) is 4.79 Å². The van der Waals surface area contributed by atoms with Crippen molar-refractivity contribution in [3.05, 3.63) is 59.1 Å². The lowest BCUT2D eigenvalue weighted by molar-refractivity contribution is -0.429. The van der Waals surface area contributed by atoms with Crippen molar-refractivity contribution < 1.29 is 33.2 Å². The van der Waals surface area contributed by atoms with E-state index in [0.29, 0.717) is 34.9 Å². The number of hydrogen-bond acceptors (Lipinski definition) is 6. The average Bonchev–Trinajstić information content (AvgIpc) is 2.88. The molecule has 0 spiro atoms. The highest BCUT2D eigenvalue weighted by molar-refractivity contribution is 6.17. The Morgan fingerprint density at radius 3 is 2.35 bits per heavy atom. The standard InChI is InChI=1S/C27H34N4O6/c1-6-7-12-28-25(33)19-10-8-18(9-11-19)15-31-26(34)20-13-22(36-4)23(37-5)14-21(20)30(27(31)35)16-24(32)29-17(2)3/h8-11,13-14,17,20H,6-7,12,15-16H2,1-5H3,(H-,28,29,32,33)/p+1. The van der Waals surface area contributed by atoms with Gasteiger partial charge in [-0.1, -0.05) is 25.5 Å². The molecular weight excluding hydrogens is 476 g/mol. The Hall–Kier alpha value is -3.95. The molecule has 2 aliphatic rings. The molecule has 1 aliphatic heterocycles. The molecule has 2 N–H and O–H groups in total. The normalized spacial score (nSPS) is 17.2. The molecule has 1 atom stereocenters. The largest absolute Gasteiger partial charge is 0.501 e. The fourth-order valence-corrected chi connectivity index (χ4v) is 4.14. The number of urea groups is 1. The van der Waals surface area contributed by atoms with Crippen LogP contribution in [0.2, 0.25) is 0 Å². The average molecular weight is 512 g/mol. The van der Waals surface area contributed by atoms with E-state index in [9.17, 15) is 19.2 Å². The molecule has 0 saturated heterocycles. The van der Waals surface area contributed by atoms with Crippen LogP contribution in [0.25, 0.3) is 0 Å². The summed E-state index contributed by atoms with van der Waals surface area (Å²) in [6.07, 6.45) is 5.03. The fraction of sp³-hybridized carbons (Fsp3) is 0.444. The lowest BCUT2D eigenvalue weighted by Crippen LogP contribution is -2.56. The Morgan fingerprint density at radius 2 is 1.76 bits per heavy atom. The Bertz CT molecular complexity index is 1150. The van der Waals surface area contributed by atoms with Crippen molar-refractivity contribution in [1.29, 1.82) is 0 Å². The number of hydrogen-bond donors (Lipinski definition) is 2. The van der Waals surface area contributed by atoms with E-state index in [-0.39, 0.29) is 30.9 Å². The lowest BCUT2D eigenvalue weighted by Gasteiger charge is -2.28. The molecule has 3 rings (SSSR count). The first kappa shape index (κ1) is 27.6. The second kappa shape index (κ2) is 12.3. The number of fused-ring (bicyclic) bond motifs is 1. The first-order valence-corrected chi connectivity index (χ1v) is 12.4. The smallest absolute Gasteiger partial charge is 0.493 e. The highest BCUT2D eigenvalue weighted by Crippen LogP contribution is 2.28. The molecule has 0 radical (unpaired) electrons. The highest BCUT2D eigenvalue weighted by Gasteiger charge is 2.49. The van der Waals surface area contributed by atoms with Crippen LogP contribution in [-0.2, 0) is 25.6 Å². The number of methoxy groups -OCH3 is 2. The molecule has 10 heteroatoms. The number of carbonyl (C=O) groups excluding carboxylic acids is 4. The van der Waals surface area contributed by atoms with Gasteiger partial charge >= 0.3 is 11.9 Å². The number of nitrogens with one attached hydrogen (secondary N) is 2. The van der Waals surface area contributed by atoms with Gasteiger partial charge in [0.1, 0.15) is 18.2 Å². The van der Waals surface area contributed by atoms with Crippen molar-refractivity contribution in [2.75, 3.05) is 27.3 Å². The number of rotatable bonds is 11. The minimum atomic E-state index is -0.831. The summed E-state index contributed by atoms with van der Waals surface area (Å²) >= 11 is 0. The number of carbonyl (C=O) groups is 4. The zero-order valence-corrected chi connectivity index (χ0v) is 22.0. The maximum absolute atomic E-state index is 13.5. The van der Waals surface area contributed by atoms with Gasteiger partial charge in [0, 0.05) is 24.2 Å². The van der Waals surface area contributed by atoms with E-state index in [1.807, 2.05) is 13.8 Å². The van der Waals surface area contributed by atoms with Crippen molar-refractivity contribution >= 4 is 29.5 Å². The predicted octanol–water partition coefficient (Wildman–Crippen LogP) is 2.35. The van der Waals surface area contributed by atoms with E-state index in [0.717, 1.165) is 17.7 Å². The first-order valence-electron chi connectivity index (χ1n) is 12.4. The van der Waals surface area contributed by atoms with Gasteiger partial charge in [0.15, 0.2) is 18.1 Å². The third-order valence-electron chi connectivity index (χ3n) is 6.03. The molecule has 5 amide bonds. The summed E-state index contributed by atoms with van der Waals surface area (Å²) in [6, 6.07) is 6.03. The number of unbranched alkanes of at least 4 members (excludes halogenated alkanes) is 1. The molecule has 0 saturated carbocycles. The van der Waals surface area contributed by atoms with Crippen LogP contribution in [0.15, 0.2) is 47.9 Å². The molecule has 198 valence electrons. The number of imide groups is 1. The summed E-state index contributed by atoms with van der Waals surface area (Å²) in [6.45, 7) is 6.03. The first-order chi connectivity index (χ1) is 17.7. The van der Waals surface area contributed by atoms with E-state index in [1.54, 1.807) is 36.4 Å². The second-order valence-corrected chi connectivity index (χ2v) is 9.17. The van der Waals surface area contributed by atoms with E-state index >= 15 is 0 Å². The molecule has 37 heavy (non-hydrogen) atoms. The van der Waals surface area contributed by atoms with Gasteiger partial charge in [-0.15, -0.1) is 0 Å². The minimum absolute atomic E-state index is 0.0154. The summed E-state index contributed by atoms with van der Waals surface area (Å²) < 4.78 is 12.0. The van der Waals surface area contributed by atoms with Gasteiger partial charge < -0.3 is 20.1 Å². The molecule has 1 aromatic carbocycles. The molecule has 0 fully saturated rings. The summed E-state index contributed by atoms with van der Waals surface area (Å²) in [5.41, 5.74) is 1.51. The highest BCUT2D eigenvalue weighted by atomic mass is 16.5. The summed E-state index contributed by atoms with van der Waals surface area (Å²) in [7, 11) is 2.93. The Labute approximate surface area is 217 Å². The SMILES string of the molecule is CCCCNC(=O)c1ccc(CN2C(=O)C3C=C(OC)C(OC)=CC3=[N+](CC(=O)NC(C)C)C2=O)cc1. The number of amides is 5. The summed E-state index contributed by atoms with van der Waals surface area (Å²) in [5.74, 6) is -1.08. The lowest BCUT2D eigenvalue weighted by atomic mass is 9.92. The number of benzene rings is 1. The molecule has 1 aliphatic carbocycles. The summed E-state index contributed by atoms with van der Waals surface area (Å²) in [5, 5.41) is 5.64.